The van der Waals surface area contributed by atoms with Crippen LogP contribution in [0, 0.1) is 0 Å². The highest BCUT2D eigenvalue weighted by Crippen LogP contribution is 2.12. The first-order valence-corrected chi connectivity index (χ1v) is 7.39. The van der Waals surface area contributed by atoms with E-state index >= 15 is 0 Å². The molecule has 0 unspecified atom stereocenters. The Morgan fingerprint density at radius 3 is 3.04 bits per heavy atom. The van der Waals surface area contributed by atoms with E-state index < -0.39 is 0 Å². The third kappa shape index (κ3) is 3.66. The molecule has 0 aliphatic rings. The molecule has 0 aliphatic heterocycles. The first kappa shape index (κ1) is 15.9. The summed E-state index contributed by atoms with van der Waals surface area (Å²) in [5.41, 5.74) is 0.512. The smallest absolute Gasteiger partial charge is 0.254 e. The lowest BCUT2D eigenvalue weighted by Crippen LogP contribution is -2.33. The summed E-state index contributed by atoms with van der Waals surface area (Å²) in [6, 6.07) is 6.98. The van der Waals surface area contributed by atoms with Gasteiger partial charge in [-0.25, -0.2) is 14.6 Å². The summed E-state index contributed by atoms with van der Waals surface area (Å²) in [4.78, 5) is 22.6. The quantitative estimate of drug-likeness (QED) is 0.654. The number of nitrogens with zero attached hydrogens (tertiary/aromatic N) is 5. The van der Waals surface area contributed by atoms with Gasteiger partial charge in [-0.3, -0.25) is 4.79 Å². The van der Waals surface area contributed by atoms with Gasteiger partial charge in [-0.2, -0.15) is 5.10 Å². The Morgan fingerprint density at radius 1 is 1.42 bits per heavy atom. The van der Waals surface area contributed by atoms with E-state index in [1.807, 2.05) is 6.07 Å². The normalized spacial score (nSPS) is 10.7. The number of amides is 1. The van der Waals surface area contributed by atoms with Gasteiger partial charge in [-0.15, -0.1) is 0 Å². The summed E-state index contributed by atoms with van der Waals surface area (Å²) >= 11 is 0. The molecule has 24 heavy (non-hydrogen) atoms. The monoisotopic (exact) mass is 327 g/mol. The van der Waals surface area contributed by atoms with Crippen LogP contribution in [0.25, 0.3) is 5.82 Å². The molecular weight excluding hydrogens is 310 g/mol. The van der Waals surface area contributed by atoms with E-state index in [1.54, 1.807) is 42.7 Å². The zero-order chi connectivity index (χ0) is 16.8. The minimum atomic E-state index is -0.132. The average Bonchev–Trinajstić information content (AvgIpc) is 3.31. The van der Waals surface area contributed by atoms with Gasteiger partial charge in [0.25, 0.3) is 5.91 Å². The van der Waals surface area contributed by atoms with Crippen molar-refractivity contribution in [2.45, 2.75) is 6.54 Å². The Bertz CT molecular complexity index is 771. The van der Waals surface area contributed by atoms with Crippen molar-refractivity contribution in [2.24, 2.45) is 0 Å². The molecule has 1 amide bonds. The van der Waals surface area contributed by atoms with Gasteiger partial charge in [0.2, 0.25) is 0 Å². The third-order valence-corrected chi connectivity index (χ3v) is 3.43. The van der Waals surface area contributed by atoms with E-state index in [-0.39, 0.29) is 5.91 Å². The molecule has 0 atom stereocenters. The molecule has 124 valence electrons. The molecule has 3 rings (SSSR count). The molecule has 0 aromatic carbocycles. The van der Waals surface area contributed by atoms with Gasteiger partial charge in [0.05, 0.1) is 19.4 Å². The molecule has 3 aromatic rings. The van der Waals surface area contributed by atoms with Crippen molar-refractivity contribution in [3.8, 4) is 5.82 Å². The molecule has 0 radical (unpaired) electrons. The highest BCUT2D eigenvalue weighted by atomic mass is 16.5. The largest absolute Gasteiger partial charge is 0.467 e. The second-order valence-corrected chi connectivity index (χ2v) is 5.04. The molecule has 3 heterocycles. The molecule has 8 heteroatoms. The Kier molecular flexibility index (Phi) is 4.97. The van der Waals surface area contributed by atoms with E-state index in [0.717, 1.165) is 0 Å². The molecule has 0 N–H and O–H groups in total. The lowest BCUT2D eigenvalue weighted by molar-refractivity contribution is 0.0666. The summed E-state index contributed by atoms with van der Waals surface area (Å²) in [6.07, 6.45) is 6.11. The highest BCUT2D eigenvalue weighted by Gasteiger charge is 2.18. The number of rotatable bonds is 7. The van der Waals surface area contributed by atoms with Gasteiger partial charge >= 0.3 is 0 Å². The number of carbonyl (C=O) groups is 1. The molecule has 3 aromatic heterocycles. The minimum absolute atomic E-state index is 0.132. The van der Waals surface area contributed by atoms with Crippen molar-refractivity contribution < 1.29 is 13.9 Å². The standard InChI is InChI=1S/C16H17N5O3/c1-23-8-6-20(10-14-3-2-7-24-14)16(22)13-4-5-18-15(9-13)21-12-17-11-19-21/h2-5,7,9,11-12H,6,8,10H2,1H3. The van der Waals surface area contributed by atoms with Gasteiger partial charge < -0.3 is 14.1 Å². The number of furan rings is 1. The second kappa shape index (κ2) is 7.51. The topological polar surface area (TPSA) is 86.3 Å². The Labute approximate surface area is 138 Å². The van der Waals surface area contributed by atoms with Crippen LogP contribution in [0.1, 0.15) is 16.1 Å². The lowest BCUT2D eigenvalue weighted by atomic mass is 10.2. The molecule has 0 saturated carbocycles. The summed E-state index contributed by atoms with van der Waals surface area (Å²) in [5.74, 6) is 1.11. The second-order valence-electron chi connectivity index (χ2n) is 5.04. The van der Waals surface area contributed by atoms with Crippen LogP contribution in [-0.2, 0) is 11.3 Å². The summed E-state index contributed by atoms with van der Waals surface area (Å²) in [5, 5.41) is 4.03. The first-order valence-electron chi connectivity index (χ1n) is 7.39. The zero-order valence-corrected chi connectivity index (χ0v) is 13.2. The van der Waals surface area contributed by atoms with Crippen LogP contribution in [-0.4, -0.2) is 50.8 Å². The van der Waals surface area contributed by atoms with E-state index in [9.17, 15) is 4.79 Å². The van der Waals surface area contributed by atoms with Crippen LogP contribution in [0.5, 0.6) is 0 Å². The van der Waals surface area contributed by atoms with Crippen molar-refractivity contribution in [3.05, 3.63) is 60.7 Å². The van der Waals surface area contributed by atoms with Crippen LogP contribution in [0.2, 0.25) is 0 Å². The van der Waals surface area contributed by atoms with Crippen molar-refractivity contribution >= 4 is 5.91 Å². The number of methoxy groups -OCH3 is 1. The maximum absolute atomic E-state index is 12.9. The summed E-state index contributed by atoms with van der Waals surface area (Å²) < 4.78 is 11.9. The minimum Gasteiger partial charge on any atom is -0.467 e. The number of hydrogen-bond acceptors (Lipinski definition) is 6. The number of carbonyl (C=O) groups excluding carboxylic acids is 1. The van der Waals surface area contributed by atoms with Gasteiger partial charge in [0.1, 0.15) is 18.4 Å². The molecule has 0 fully saturated rings. The Morgan fingerprint density at radius 2 is 2.33 bits per heavy atom. The van der Waals surface area contributed by atoms with E-state index in [1.165, 1.54) is 17.3 Å². The van der Waals surface area contributed by atoms with Crippen molar-refractivity contribution in [2.75, 3.05) is 20.3 Å². The lowest BCUT2D eigenvalue weighted by Gasteiger charge is -2.21. The predicted molar refractivity (Wildman–Crippen MR) is 84.5 cm³/mol. The molecule has 0 aliphatic carbocycles. The van der Waals surface area contributed by atoms with Crippen LogP contribution in [0.4, 0.5) is 0 Å². The molecular formula is C16H17N5O3. The van der Waals surface area contributed by atoms with Gasteiger partial charge in [-0.1, -0.05) is 0 Å². The fraction of sp³-hybridized carbons (Fsp3) is 0.250. The Balaban J connectivity index is 1.82. The fourth-order valence-corrected chi connectivity index (χ4v) is 2.23. The van der Waals surface area contributed by atoms with Gasteiger partial charge in [0.15, 0.2) is 5.82 Å². The van der Waals surface area contributed by atoms with Gasteiger partial charge in [-0.05, 0) is 24.3 Å². The fourth-order valence-electron chi connectivity index (χ4n) is 2.23. The van der Waals surface area contributed by atoms with E-state index in [2.05, 4.69) is 15.1 Å². The highest BCUT2D eigenvalue weighted by molar-refractivity contribution is 5.94. The number of ether oxygens (including phenoxy) is 1. The number of aromatic nitrogens is 4. The van der Waals surface area contributed by atoms with Crippen molar-refractivity contribution in [1.29, 1.82) is 0 Å². The summed E-state index contributed by atoms with van der Waals surface area (Å²) in [7, 11) is 1.60. The van der Waals surface area contributed by atoms with Crippen LogP contribution in [0.15, 0.2) is 53.8 Å². The van der Waals surface area contributed by atoms with Crippen molar-refractivity contribution in [1.82, 2.24) is 24.6 Å². The molecule has 0 saturated heterocycles. The predicted octanol–water partition coefficient (Wildman–Crippen LogP) is 1.54. The van der Waals surface area contributed by atoms with Crippen LogP contribution < -0.4 is 0 Å². The van der Waals surface area contributed by atoms with E-state index in [0.29, 0.717) is 36.8 Å². The van der Waals surface area contributed by atoms with Crippen LogP contribution in [0.3, 0.4) is 0 Å². The third-order valence-electron chi connectivity index (χ3n) is 3.43. The SMILES string of the molecule is COCCN(Cc1ccco1)C(=O)c1ccnc(-n2cncn2)c1. The number of pyridine rings is 1. The van der Waals surface area contributed by atoms with Crippen LogP contribution >= 0.6 is 0 Å². The maximum atomic E-state index is 12.9. The number of hydrogen-bond donors (Lipinski definition) is 0. The maximum Gasteiger partial charge on any atom is 0.254 e. The molecule has 0 bridgehead atoms. The van der Waals surface area contributed by atoms with Gasteiger partial charge in [0, 0.05) is 25.4 Å². The molecule has 0 spiro atoms. The zero-order valence-electron chi connectivity index (χ0n) is 13.2. The molecule has 8 nitrogen and oxygen atoms in total. The van der Waals surface area contributed by atoms with E-state index in [4.69, 9.17) is 9.15 Å². The van der Waals surface area contributed by atoms with Crippen molar-refractivity contribution in [3.63, 3.8) is 0 Å². The average molecular weight is 327 g/mol. The summed E-state index contributed by atoms with van der Waals surface area (Å²) in [6.45, 7) is 1.26. The first-order chi connectivity index (χ1) is 11.8. The Hall–Kier alpha value is -3.00.